The first-order valence-electron chi connectivity index (χ1n) is 7.04. The summed E-state index contributed by atoms with van der Waals surface area (Å²) in [6.07, 6.45) is 3.90. The molecule has 0 radical (unpaired) electrons. The number of likely N-dealkylation sites (tertiary alicyclic amines) is 1. The number of rotatable bonds is 4. The highest BCUT2D eigenvalue weighted by Gasteiger charge is 2.25. The van der Waals surface area contributed by atoms with Crippen molar-refractivity contribution < 1.29 is 0 Å². The van der Waals surface area contributed by atoms with Crippen LogP contribution in [-0.2, 0) is 0 Å². The number of piperidine rings is 1. The van der Waals surface area contributed by atoms with E-state index in [0.717, 1.165) is 22.0 Å². The molecule has 0 aromatic heterocycles. The van der Waals surface area contributed by atoms with Gasteiger partial charge in [-0.05, 0) is 58.9 Å². The van der Waals surface area contributed by atoms with E-state index in [4.69, 9.17) is 17.3 Å². The van der Waals surface area contributed by atoms with E-state index in [1.54, 1.807) is 0 Å². The third-order valence-corrected chi connectivity index (χ3v) is 5.33. The van der Waals surface area contributed by atoms with Crippen LogP contribution in [0.15, 0.2) is 22.7 Å². The number of halogens is 2. The summed E-state index contributed by atoms with van der Waals surface area (Å²) in [5.74, 6) is 0.818. The van der Waals surface area contributed by atoms with E-state index in [2.05, 4.69) is 39.9 Å². The summed E-state index contributed by atoms with van der Waals surface area (Å²) in [5, 5.41) is 0.754. The topological polar surface area (TPSA) is 29.3 Å². The molecule has 0 aliphatic carbocycles. The molecule has 0 saturated carbocycles. The Morgan fingerprint density at radius 3 is 2.95 bits per heavy atom. The van der Waals surface area contributed by atoms with E-state index >= 15 is 0 Å². The molecule has 2 N–H and O–H groups in total. The van der Waals surface area contributed by atoms with Gasteiger partial charge in [0.25, 0.3) is 0 Å². The molecule has 4 heteroatoms. The lowest BCUT2D eigenvalue weighted by Crippen LogP contribution is -2.41. The maximum absolute atomic E-state index is 6.07. The standard InChI is InChI=1S/C15H22BrClN2/c1-2-11-4-3-7-19(10-11)15(9-18)12-5-6-14(17)13(16)8-12/h5-6,8,11,15H,2-4,7,9-10,18H2,1H3. The van der Waals surface area contributed by atoms with Gasteiger partial charge in [0, 0.05) is 23.6 Å². The molecule has 19 heavy (non-hydrogen) atoms. The van der Waals surface area contributed by atoms with Crippen LogP contribution in [-0.4, -0.2) is 24.5 Å². The van der Waals surface area contributed by atoms with Crippen molar-refractivity contribution in [1.29, 1.82) is 0 Å². The number of benzene rings is 1. The highest BCUT2D eigenvalue weighted by molar-refractivity contribution is 9.10. The fourth-order valence-electron chi connectivity index (χ4n) is 2.93. The third kappa shape index (κ3) is 3.72. The van der Waals surface area contributed by atoms with Crippen molar-refractivity contribution in [2.45, 2.75) is 32.2 Å². The Morgan fingerprint density at radius 1 is 1.53 bits per heavy atom. The molecule has 0 bridgehead atoms. The van der Waals surface area contributed by atoms with Crippen molar-refractivity contribution >= 4 is 27.5 Å². The monoisotopic (exact) mass is 344 g/mol. The number of nitrogens with zero attached hydrogens (tertiary/aromatic N) is 1. The van der Waals surface area contributed by atoms with Crippen LogP contribution in [0.25, 0.3) is 0 Å². The molecule has 0 spiro atoms. The number of nitrogens with two attached hydrogens (primary N) is 1. The molecule has 1 aliphatic heterocycles. The first-order valence-corrected chi connectivity index (χ1v) is 8.21. The second kappa shape index (κ2) is 7.07. The highest BCUT2D eigenvalue weighted by Crippen LogP contribution is 2.31. The summed E-state index contributed by atoms with van der Waals surface area (Å²) >= 11 is 9.57. The first kappa shape index (κ1) is 15.3. The van der Waals surface area contributed by atoms with Crippen LogP contribution < -0.4 is 5.73 Å². The minimum Gasteiger partial charge on any atom is -0.329 e. The Kier molecular flexibility index (Phi) is 5.70. The van der Waals surface area contributed by atoms with Crippen molar-refractivity contribution in [3.63, 3.8) is 0 Å². The second-order valence-electron chi connectivity index (χ2n) is 5.34. The molecule has 2 unspecified atom stereocenters. The molecule has 1 saturated heterocycles. The van der Waals surface area contributed by atoms with Crippen LogP contribution >= 0.6 is 27.5 Å². The van der Waals surface area contributed by atoms with Crippen molar-refractivity contribution in [3.8, 4) is 0 Å². The second-order valence-corrected chi connectivity index (χ2v) is 6.60. The summed E-state index contributed by atoms with van der Waals surface area (Å²) in [7, 11) is 0. The summed E-state index contributed by atoms with van der Waals surface area (Å²) in [5.41, 5.74) is 7.28. The van der Waals surface area contributed by atoms with E-state index < -0.39 is 0 Å². The number of hydrogen-bond acceptors (Lipinski definition) is 2. The van der Waals surface area contributed by atoms with E-state index in [-0.39, 0.29) is 0 Å². The van der Waals surface area contributed by atoms with E-state index in [1.807, 2.05) is 6.07 Å². The average molecular weight is 346 g/mol. The Hall–Kier alpha value is -0.0900. The Balaban J connectivity index is 2.16. The molecule has 0 amide bonds. The van der Waals surface area contributed by atoms with Gasteiger partial charge in [-0.25, -0.2) is 0 Å². The van der Waals surface area contributed by atoms with Crippen LogP contribution in [0, 0.1) is 5.92 Å². The molecule has 2 nitrogen and oxygen atoms in total. The van der Waals surface area contributed by atoms with Crippen molar-refractivity contribution in [2.24, 2.45) is 11.7 Å². The molecule has 1 heterocycles. The molecule has 1 fully saturated rings. The van der Waals surface area contributed by atoms with Crippen molar-refractivity contribution in [3.05, 3.63) is 33.3 Å². The Bertz CT molecular complexity index is 425. The summed E-state index contributed by atoms with van der Waals surface area (Å²) in [6, 6.07) is 6.46. The van der Waals surface area contributed by atoms with Gasteiger partial charge in [0.1, 0.15) is 0 Å². The molecular weight excluding hydrogens is 324 g/mol. The lowest BCUT2D eigenvalue weighted by atomic mass is 9.93. The van der Waals surface area contributed by atoms with Gasteiger partial charge in [-0.1, -0.05) is 31.0 Å². The molecular formula is C15H22BrClN2. The average Bonchev–Trinajstić information content (AvgIpc) is 2.44. The van der Waals surface area contributed by atoms with Crippen LogP contribution in [0.1, 0.15) is 37.8 Å². The van der Waals surface area contributed by atoms with Gasteiger partial charge in [0.2, 0.25) is 0 Å². The normalized spacial score (nSPS) is 22.4. The van der Waals surface area contributed by atoms with Gasteiger partial charge >= 0.3 is 0 Å². The largest absolute Gasteiger partial charge is 0.329 e. The zero-order valence-electron chi connectivity index (χ0n) is 11.4. The van der Waals surface area contributed by atoms with Crippen LogP contribution in [0.2, 0.25) is 5.02 Å². The van der Waals surface area contributed by atoms with Crippen molar-refractivity contribution in [2.75, 3.05) is 19.6 Å². The molecule has 1 aromatic rings. The van der Waals surface area contributed by atoms with Gasteiger partial charge in [0.15, 0.2) is 0 Å². The van der Waals surface area contributed by atoms with E-state index in [9.17, 15) is 0 Å². The SMILES string of the molecule is CCC1CCCN(C(CN)c2ccc(Cl)c(Br)c2)C1. The fraction of sp³-hybridized carbons (Fsp3) is 0.600. The third-order valence-electron chi connectivity index (χ3n) is 4.12. The highest BCUT2D eigenvalue weighted by atomic mass is 79.9. The molecule has 1 aromatic carbocycles. The maximum Gasteiger partial charge on any atom is 0.0548 e. The van der Waals surface area contributed by atoms with Gasteiger partial charge in [-0.3, -0.25) is 4.90 Å². The van der Waals surface area contributed by atoms with Crippen LogP contribution in [0.5, 0.6) is 0 Å². The molecule has 1 aliphatic rings. The lowest BCUT2D eigenvalue weighted by molar-refractivity contribution is 0.124. The fourth-order valence-corrected chi connectivity index (χ4v) is 3.44. The zero-order valence-corrected chi connectivity index (χ0v) is 13.8. The van der Waals surface area contributed by atoms with Gasteiger partial charge < -0.3 is 5.73 Å². The van der Waals surface area contributed by atoms with E-state index in [0.29, 0.717) is 12.6 Å². The summed E-state index contributed by atoms with van der Waals surface area (Å²) < 4.78 is 0.953. The first-order chi connectivity index (χ1) is 9.15. The van der Waals surface area contributed by atoms with Crippen molar-refractivity contribution in [1.82, 2.24) is 4.90 Å². The maximum atomic E-state index is 6.07. The predicted octanol–water partition coefficient (Wildman–Crippen LogP) is 4.22. The molecule has 2 atom stereocenters. The summed E-state index contributed by atoms with van der Waals surface area (Å²) in [6.45, 7) is 5.26. The predicted molar refractivity (Wildman–Crippen MR) is 85.5 cm³/mol. The minimum absolute atomic E-state index is 0.308. The van der Waals surface area contributed by atoms with Gasteiger partial charge in [0.05, 0.1) is 5.02 Å². The zero-order chi connectivity index (χ0) is 13.8. The van der Waals surface area contributed by atoms with Gasteiger partial charge in [-0.2, -0.15) is 0 Å². The molecule has 106 valence electrons. The molecule has 2 rings (SSSR count). The quantitative estimate of drug-likeness (QED) is 0.885. The summed E-state index contributed by atoms with van der Waals surface area (Å²) in [4.78, 5) is 2.54. The Labute approximate surface area is 129 Å². The lowest BCUT2D eigenvalue weighted by Gasteiger charge is -2.38. The van der Waals surface area contributed by atoms with E-state index in [1.165, 1.54) is 31.4 Å². The Morgan fingerprint density at radius 2 is 2.32 bits per heavy atom. The van der Waals surface area contributed by atoms with Crippen LogP contribution in [0.4, 0.5) is 0 Å². The van der Waals surface area contributed by atoms with Gasteiger partial charge in [-0.15, -0.1) is 0 Å². The number of hydrogen-bond donors (Lipinski definition) is 1. The minimum atomic E-state index is 0.308. The smallest absolute Gasteiger partial charge is 0.0548 e. The van der Waals surface area contributed by atoms with Crippen LogP contribution in [0.3, 0.4) is 0 Å².